The smallest absolute Gasteiger partial charge is 0.0752 e. The number of piperidine rings is 1. The van der Waals surface area contributed by atoms with Crippen LogP contribution in [0.25, 0.3) is 10.9 Å². The second-order valence-corrected chi connectivity index (χ2v) is 8.40. The first-order valence-corrected chi connectivity index (χ1v) is 9.91. The van der Waals surface area contributed by atoms with Gasteiger partial charge in [0.1, 0.15) is 0 Å². The monoisotopic (exact) mass is 358 g/mol. The molecule has 0 aliphatic carbocycles. The van der Waals surface area contributed by atoms with E-state index < -0.39 is 10.8 Å². The first-order chi connectivity index (χ1) is 12.1. The van der Waals surface area contributed by atoms with Gasteiger partial charge in [-0.25, -0.2) is 0 Å². The maximum absolute atomic E-state index is 10.7. The summed E-state index contributed by atoms with van der Waals surface area (Å²) in [4.78, 5) is 0.579. The molecule has 2 aromatic carbocycles. The van der Waals surface area contributed by atoms with Gasteiger partial charge in [0.05, 0.1) is 16.6 Å². The van der Waals surface area contributed by atoms with Gasteiger partial charge >= 0.3 is 0 Å². The zero-order chi connectivity index (χ0) is 17.3. The van der Waals surface area contributed by atoms with E-state index in [2.05, 4.69) is 21.6 Å². The summed E-state index contributed by atoms with van der Waals surface area (Å²) in [6.07, 6.45) is 3.73. The molecule has 6 nitrogen and oxygen atoms in total. The average Bonchev–Trinajstić information content (AvgIpc) is 3.10. The standard InChI is InChI=1S/C18H22N4O2S/c23-25(24,17-6-2-1-3-7-17)22-10-4-5-16(13-22)20-15-8-9-18-14(11-15)12-19-21-18/h1-3,6-9,11-12,16,20,23-24H,4-5,10,13H2,(H,19,21). The molecule has 0 amide bonds. The number of rotatable bonds is 4. The molecular weight excluding hydrogens is 336 g/mol. The Bertz CT molecular complexity index is 852. The highest BCUT2D eigenvalue weighted by Crippen LogP contribution is 2.52. The molecule has 0 radical (unpaired) electrons. The molecule has 132 valence electrons. The Labute approximate surface area is 148 Å². The van der Waals surface area contributed by atoms with Crippen molar-refractivity contribution in [3.05, 3.63) is 54.7 Å². The largest absolute Gasteiger partial charge is 0.381 e. The molecule has 1 fully saturated rings. The molecule has 25 heavy (non-hydrogen) atoms. The predicted molar refractivity (Wildman–Crippen MR) is 102 cm³/mol. The van der Waals surface area contributed by atoms with Crippen molar-refractivity contribution in [1.82, 2.24) is 14.5 Å². The summed E-state index contributed by atoms with van der Waals surface area (Å²) in [5, 5.41) is 11.6. The fourth-order valence-electron chi connectivity index (χ4n) is 3.31. The first-order valence-electron chi connectivity index (χ1n) is 8.41. The number of hydrogen-bond donors (Lipinski definition) is 4. The molecule has 3 aromatic rings. The Morgan fingerprint density at radius 1 is 1.16 bits per heavy atom. The maximum atomic E-state index is 10.7. The lowest BCUT2D eigenvalue weighted by Gasteiger charge is -2.46. The third kappa shape index (κ3) is 3.36. The summed E-state index contributed by atoms with van der Waals surface area (Å²) in [5.74, 6) is 0. The number of aromatic amines is 1. The van der Waals surface area contributed by atoms with Crippen LogP contribution in [-0.4, -0.2) is 42.7 Å². The summed E-state index contributed by atoms with van der Waals surface area (Å²) in [7, 11) is -2.93. The van der Waals surface area contributed by atoms with E-state index in [1.165, 1.54) is 0 Å². The van der Waals surface area contributed by atoms with Crippen molar-refractivity contribution in [1.29, 1.82) is 0 Å². The van der Waals surface area contributed by atoms with Crippen LogP contribution in [0.1, 0.15) is 12.8 Å². The minimum atomic E-state index is -2.93. The number of nitrogens with one attached hydrogen (secondary N) is 2. The average molecular weight is 358 g/mol. The predicted octanol–water partition coefficient (Wildman–Crippen LogP) is 4.16. The third-order valence-corrected chi connectivity index (χ3v) is 6.57. The molecule has 1 aliphatic rings. The lowest BCUT2D eigenvalue weighted by atomic mass is 10.1. The highest BCUT2D eigenvalue weighted by Gasteiger charge is 2.30. The van der Waals surface area contributed by atoms with Crippen LogP contribution in [0.4, 0.5) is 5.69 Å². The van der Waals surface area contributed by atoms with E-state index in [0.717, 1.165) is 29.4 Å². The van der Waals surface area contributed by atoms with Gasteiger partial charge in [0.15, 0.2) is 0 Å². The molecule has 0 spiro atoms. The normalized spacial score (nSPS) is 19.8. The van der Waals surface area contributed by atoms with Crippen LogP contribution >= 0.6 is 10.8 Å². The minimum Gasteiger partial charge on any atom is -0.381 e. The molecule has 1 aromatic heterocycles. The van der Waals surface area contributed by atoms with E-state index >= 15 is 0 Å². The number of H-pyrrole nitrogens is 1. The summed E-state index contributed by atoms with van der Waals surface area (Å²) in [5.41, 5.74) is 2.03. The Morgan fingerprint density at radius 3 is 2.84 bits per heavy atom. The van der Waals surface area contributed by atoms with Gasteiger partial charge in [-0.05, 0) is 43.2 Å². The van der Waals surface area contributed by atoms with Gasteiger partial charge in [0, 0.05) is 30.2 Å². The molecule has 1 saturated heterocycles. The summed E-state index contributed by atoms with van der Waals surface area (Å²) in [6, 6.07) is 15.4. The number of fused-ring (bicyclic) bond motifs is 1. The Balaban J connectivity index is 1.49. The van der Waals surface area contributed by atoms with Crippen LogP contribution in [0.3, 0.4) is 0 Å². The van der Waals surface area contributed by atoms with Gasteiger partial charge in [-0.1, -0.05) is 18.2 Å². The second kappa shape index (κ2) is 6.68. The van der Waals surface area contributed by atoms with Crippen LogP contribution in [0.5, 0.6) is 0 Å². The van der Waals surface area contributed by atoms with Crippen LogP contribution < -0.4 is 5.32 Å². The number of anilines is 1. The van der Waals surface area contributed by atoms with Gasteiger partial charge in [-0.2, -0.15) is 9.40 Å². The van der Waals surface area contributed by atoms with Crippen molar-refractivity contribution < 1.29 is 9.11 Å². The Morgan fingerprint density at radius 2 is 2.00 bits per heavy atom. The molecule has 4 N–H and O–H groups in total. The quantitative estimate of drug-likeness (QED) is 0.563. The van der Waals surface area contributed by atoms with Crippen molar-refractivity contribution in [3.63, 3.8) is 0 Å². The van der Waals surface area contributed by atoms with Crippen molar-refractivity contribution in [2.24, 2.45) is 0 Å². The van der Waals surface area contributed by atoms with E-state index in [0.29, 0.717) is 18.0 Å². The van der Waals surface area contributed by atoms with Crippen LogP contribution in [0.15, 0.2) is 59.6 Å². The lowest BCUT2D eigenvalue weighted by molar-refractivity contribution is 0.290. The highest BCUT2D eigenvalue weighted by atomic mass is 32.3. The van der Waals surface area contributed by atoms with E-state index in [4.69, 9.17) is 0 Å². The number of aromatic nitrogens is 2. The van der Waals surface area contributed by atoms with Gasteiger partial charge in [-0.3, -0.25) is 14.2 Å². The summed E-state index contributed by atoms with van der Waals surface area (Å²) in [6.45, 7) is 1.29. The molecule has 7 heteroatoms. The van der Waals surface area contributed by atoms with Crippen LogP contribution in [-0.2, 0) is 0 Å². The number of benzene rings is 2. The topological polar surface area (TPSA) is 84.4 Å². The zero-order valence-corrected chi connectivity index (χ0v) is 14.6. The number of hydrogen-bond acceptors (Lipinski definition) is 5. The second-order valence-electron chi connectivity index (χ2n) is 6.38. The van der Waals surface area contributed by atoms with Gasteiger partial charge in [-0.15, -0.1) is 10.8 Å². The van der Waals surface area contributed by atoms with E-state index in [9.17, 15) is 9.11 Å². The minimum absolute atomic E-state index is 0.174. The molecule has 0 bridgehead atoms. The van der Waals surface area contributed by atoms with Crippen molar-refractivity contribution in [2.45, 2.75) is 23.8 Å². The van der Waals surface area contributed by atoms with E-state index in [1.807, 2.05) is 30.3 Å². The number of nitrogens with zero attached hydrogens (tertiary/aromatic N) is 2. The fraction of sp³-hybridized carbons (Fsp3) is 0.278. The van der Waals surface area contributed by atoms with Crippen molar-refractivity contribution in [3.8, 4) is 0 Å². The van der Waals surface area contributed by atoms with E-state index in [-0.39, 0.29) is 6.04 Å². The van der Waals surface area contributed by atoms with E-state index in [1.54, 1.807) is 22.6 Å². The molecule has 4 rings (SSSR count). The third-order valence-electron chi connectivity index (χ3n) is 4.61. The summed E-state index contributed by atoms with van der Waals surface area (Å²) >= 11 is 0. The van der Waals surface area contributed by atoms with Crippen LogP contribution in [0, 0.1) is 0 Å². The van der Waals surface area contributed by atoms with Crippen molar-refractivity contribution in [2.75, 3.05) is 18.4 Å². The zero-order valence-electron chi connectivity index (χ0n) is 13.8. The Hall–Kier alpha value is -2.06. The highest BCUT2D eigenvalue weighted by molar-refractivity contribution is 8.22. The van der Waals surface area contributed by atoms with Crippen molar-refractivity contribution >= 4 is 27.4 Å². The molecule has 1 aliphatic heterocycles. The van der Waals surface area contributed by atoms with Crippen LogP contribution in [0.2, 0.25) is 0 Å². The molecule has 0 saturated carbocycles. The maximum Gasteiger partial charge on any atom is 0.0752 e. The van der Waals surface area contributed by atoms with Gasteiger partial charge in [0.2, 0.25) is 0 Å². The van der Waals surface area contributed by atoms with Gasteiger partial charge in [0.25, 0.3) is 0 Å². The van der Waals surface area contributed by atoms with Gasteiger partial charge < -0.3 is 5.32 Å². The Kier molecular flexibility index (Phi) is 4.39. The molecule has 1 unspecified atom stereocenters. The molecule has 2 heterocycles. The molecular formula is C18H22N4O2S. The summed E-state index contributed by atoms with van der Waals surface area (Å²) < 4.78 is 23.3. The SMILES string of the molecule is OS(O)(c1ccccc1)N1CCCC(Nc2ccc3[nH]ncc3c2)C1. The first kappa shape index (κ1) is 16.4. The lowest BCUT2D eigenvalue weighted by Crippen LogP contribution is -2.43. The fourth-order valence-corrected chi connectivity index (χ4v) is 4.90. The molecule has 1 atom stereocenters.